The molecule has 0 bridgehead atoms. The van der Waals surface area contributed by atoms with Gasteiger partial charge >= 0.3 is 0 Å². The Hall–Kier alpha value is -1.39. The minimum absolute atomic E-state index is 0.319. The molecule has 1 aromatic carbocycles. The first-order chi connectivity index (χ1) is 11.9. The SMILES string of the molecule is Cc1ccccc1CCCC(=O)N1CC(C)N(CCN(C)C)C(C)C1. The summed E-state index contributed by atoms with van der Waals surface area (Å²) >= 11 is 0. The van der Waals surface area contributed by atoms with Gasteiger partial charge in [-0.2, -0.15) is 0 Å². The predicted octanol–water partition coefficient (Wildman–Crippen LogP) is 2.80. The van der Waals surface area contributed by atoms with Crippen molar-refractivity contribution in [2.45, 2.75) is 52.1 Å². The van der Waals surface area contributed by atoms with Crippen LogP contribution >= 0.6 is 0 Å². The van der Waals surface area contributed by atoms with Crippen molar-refractivity contribution in [3.8, 4) is 0 Å². The molecule has 4 heteroatoms. The van der Waals surface area contributed by atoms with E-state index >= 15 is 0 Å². The molecular formula is C21H35N3O. The summed E-state index contributed by atoms with van der Waals surface area (Å²) in [6, 6.07) is 9.34. The van der Waals surface area contributed by atoms with Gasteiger partial charge < -0.3 is 9.80 Å². The van der Waals surface area contributed by atoms with Crippen LogP contribution in [0.2, 0.25) is 0 Å². The highest BCUT2D eigenvalue weighted by Gasteiger charge is 2.31. The Morgan fingerprint density at radius 1 is 1.16 bits per heavy atom. The van der Waals surface area contributed by atoms with Crippen LogP contribution in [0.15, 0.2) is 24.3 Å². The van der Waals surface area contributed by atoms with Crippen molar-refractivity contribution in [1.82, 2.24) is 14.7 Å². The van der Waals surface area contributed by atoms with Crippen LogP contribution in [0.5, 0.6) is 0 Å². The van der Waals surface area contributed by atoms with Crippen LogP contribution in [0.25, 0.3) is 0 Å². The third-order valence-corrected chi connectivity index (χ3v) is 5.36. The normalized spacial score (nSPS) is 21.8. The highest BCUT2D eigenvalue weighted by atomic mass is 16.2. The van der Waals surface area contributed by atoms with Crippen LogP contribution in [0.1, 0.15) is 37.8 Å². The first kappa shape index (κ1) is 19.9. The fourth-order valence-corrected chi connectivity index (χ4v) is 3.80. The van der Waals surface area contributed by atoms with Crippen molar-refractivity contribution in [3.63, 3.8) is 0 Å². The van der Waals surface area contributed by atoms with Crippen LogP contribution in [-0.4, -0.2) is 73.0 Å². The first-order valence-electron chi connectivity index (χ1n) is 9.61. The minimum Gasteiger partial charge on any atom is -0.340 e. The second-order valence-electron chi connectivity index (χ2n) is 7.82. The smallest absolute Gasteiger partial charge is 0.222 e. The van der Waals surface area contributed by atoms with E-state index in [4.69, 9.17) is 0 Å². The lowest BCUT2D eigenvalue weighted by atomic mass is 10.0. The van der Waals surface area contributed by atoms with Crippen molar-refractivity contribution in [2.24, 2.45) is 0 Å². The van der Waals surface area contributed by atoms with E-state index in [-0.39, 0.29) is 0 Å². The third kappa shape index (κ3) is 5.82. The quantitative estimate of drug-likeness (QED) is 0.760. The summed E-state index contributed by atoms with van der Waals surface area (Å²) in [6.07, 6.45) is 2.59. The lowest BCUT2D eigenvalue weighted by molar-refractivity contribution is -0.135. The number of carbonyl (C=O) groups excluding carboxylic acids is 1. The molecule has 1 heterocycles. The molecule has 0 spiro atoms. The zero-order valence-corrected chi connectivity index (χ0v) is 16.7. The fraction of sp³-hybridized carbons (Fsp3) is 0.667. The second-order valence-corrected chi connectivity index (χ2v) is 7.82. The first-order valence-corrected chi connectivity index (χ1v) is 9.61. The predicted molar refractivity (Wildman–Crippen MR) is 105 cm³/mol. The van der Waals surface area contributed by atoms with E-state index in [0.717, 1.165) is 39.0 Å². The van der Waals surface area contributed by atoms with Crippen molar-refractivity contribution < 1.29 is 4.79 Å². The van der Waals surface area contributed by atoms with E-state index in [2.05, 4.69) is 73.8 Å². The van der Waals surface area contributed by atoms with Gasteiger partial charge in [-0.3, -0.25) is 9.69 Å². The van der Waals surface area contributed by atoms with Gasteiger partial charge in [0.1, 0.15) is 0 Å². The monoisotopic (exact) mass is 345 g/mol. The van der Waals surface area contributed by atoms with E-state index < -0.39 is 0 Å². The number of hydrogen-bond acceptors (Lipinski definition) is 3. The molecule has 1 amide bonds. The van der Waals surface area contributed by atoms with Gasteiger partial charge in [0, 0.05) is 44.7 Å². The standard InChI is InChI=1S/C21H35N3O/c1-17-9-6-7-10-20(17)11-8-12-21(25)23-15-18(2)24(19(3)16-23)14-13-22(4)5/h6-7,9-10,18-19H,8,11-16H2,1-5H3. The molecule has 140 valence electrons. The zero-order chi connectivity index (χ0) is 18.4. The summed E-state index contributed by atoms with van der Waals surface area (Å²) in [5.41, 5.74) is 2.69. The number of likely N-dealkylation sites (N-methyl/N-ethyl adjacent to an activating group) is 1. The van der Waals surface area contributed by atoms with Crippen LogP contribution < -0.4 is 0 Å². The van der Waals surface area contributed by atoms with E-state index in [9.17, 15) is 4.79 Å². The molecule has 2 unspecified atom stereocenters. The van der Waals surface area contributed by atoms with Crippen LogP contribution in [0.3, 0.4) is 0 Å². The Bertz CT molecular complexity index is 546. The molecule has 1 saturated heterocycles. The van der Waals surface area contributed by atoms with Crippen molar-refractivity contribution in [2.75, 3.05) is 40.3 Å². The number of aryl methyl sites for hydroxylation is 2. The minimum atomic E-state index is 0.319. The summed E-state index contributed by atoms with van der Waals surface area (Å²) in [7, 11) is 4.23. The second kappa shape index (κ2) is 9.35. The van der Waals surface area contributed by atoms with Crippen molar-refractivity contribution >= 4 is 5.91 Å². The maximum absolute atomic E-state index is 12.6. The molecule has 1 fully saturated rings. The number of benzene rings is 1. The highest BCUT2D eigenvalue weighted by Crippen LogP contribution is 2.17. The number of carbonyl (C=O) groups is 1. The molecule has 1 aromatic rings. The summed E-state index contributed by atoms with van der Waals surface area (Å²) < 4.78 is 0. The fourth-order valence-electron chi connectivity index (χ4n) is 3.80. The number of rotatable bonds is 7. The molecule has 4 nitrogen and oxygen atoms in total. The van der Waals surface area contributed by atoms with Crippen molar-refractivity contribution in [1.29, 1.82) is 0 Å². The average molecular weight is 346 g/mol. The van der Waals surface area contributed by atoms with Gasteiger partial charge in [0.2, 0.25) is 5.91 Å². The molecule has 0 saturated carbocycles. The maximum atomic E-state index is 12.6. The summed E-state index contributed by atoms with van der Waals surface area (Å²) in [5.74, 6) is 0.319. The number of hydrogen-bond donors (Lipinski definition) is 0. The molecule has 0 radical (unpaired) electrons. The van der Waals surface area contributed by atoms with Gasteiger partial charge in [0.25, 0.3) is 0 Å². The van der Waals surface area contributed by atoms with Crippen LogP contribution in [0, 0.1) is 6.92 Å². The highest BCUT2D eigenvalue weighted by molar-refractivity contribution is 5.76. The molecule has 2 rings (SSSR count). The van der Waals surface area contributed by atoms with Crippen LogP contribution in [-0.2, 0) is 11.2 Å². The number of nitrogens with zero attached hydrogens (tertiary/aromatic N) is 3. The molecule has 0 aliphatic carbocycles. The summed E-state index contributed by atoms with van der Waals surface area (Å²) in [4.78, 5) is 19.5. The Morgan fingerprint density at radius 2 is 1.80 bits per heavy atom. The van der Waals surface area contributed by atoms with Crippen LogP contribution in [0.4, 0.5) is 0 Å². The number of amides is 1. The van der Waals surface area contributed by atoms with E-state index in [1.807, 2.05) is 0 Å². The van der Waals surface area contributed by atoms with Gasteiger partial charge in [-0.25, -0.2) is 0 Å². The maximum Gasteiger partial charge on any atom is 0.222 e. The van der Waals surface area contributed by atoms with Gasteiger partial charge in [0.15, 0.2) is 0 Å². The zero-order valence-electron chi connectivity index (χ0n) is 16.7. The Labute approximate surface area is 153 Å². The topological polar surface area (TPSA) is 26.8 Å². The van der Waals surface area contributed by atoms with E-state index in [0.29, 0.717) is 24.4 Å². The molecule has 25 heavy (non-hydrogen) atoms. The lowest BCUT2D eigenvalue weighted by Gasteiger charge is -2.45. The van der Waals surface area contributed by atoms with E-state index in [1.165, 1.54) is 11.1 Å². The molecule has 1 aliphatic rings. The Morgan fingerprint density at radius 3 is 2.40 bits per heavy atom. The third-order valence-electron chi connectivity index (χ3n) is 5.36. The van der Waals surface area contributed by atoms with Gasteiger partial charge in [-0.15, -0.1) is 0 Å². The Balaban J connectivity index is 1.80. The molecule has 1 aliphatic heterocycles. The average Bonchev–Trinajstić information content (AvgIpc) is 2.55. The molecule has 2 atom stereocenters. The number of piperazine rings is 1. The molecular weight excluding hydrogens is 310 g/mol. The summed E-state index contributed by atoms with van der Waals surface area (Å²) in [6.45, 7) is 10.5. The largest absolute Gasteiger partial charge is 0.340 e. The Kier molecular flexibility index (Phi) is 7.45. The molecule has 0 aromatic heterocycles. The van der Waals surface area contributed by atoms with Gasteiger partial charge in [-0.05, 0) is 58.8 Å². The van der Waals surface area contributed by atoms with Gasteiger partial charge in [-0.1, -0.05) is 24.3 Å². The van der Waals surface area contributed by atoms with Crippen molar-refractivity contribution in [3.05, 3.63) is 35.4 Å². The lowest BCUT2D eigenvalue weighted by Crippen LogP contribution is -2.59. The summed E-state index contributed by atoms with van der Waals surface area (Å²) in [5, 5.41) is 0. The van der Waals surface area contributed by atoms with E-state index in [1.54, 1.807) is 0 Å². The van der Waals surface area contributed by atoms with Gasteiger partial charge in [0.05, 0.1) is 0 Å². The molecule has 0 N–H and O–H groups in total.